The monoisotopic (exact) mass is 223 g/mol. The molecule has 0 saturated heterocycles. The zero-order chi connectivity index (χ0) is 10.7. The van der Waals surface area contributed by atoms with Crippen LogP contribution in [0.15, 0.2) is 24.5 Å². The molecule has 1 aromatic heterocycles. The standard InChI is InChI=1S/C10H10ClN3O/c11-4-10(15)12-5-7-1-2-8-9(3-7)14-6-13-8/h1-3,6H,4-5H2,(H,12,15)(H,13,14). The molecule has 15 heavy (non-hydrogen) atoms. The number of carbonyl (C=O) groups is 1. The summed E-state index contributed by atoms with van der Waals surface area (Å²) in [6, 6.07) is 5.79. The number of rotatable bonds is 3. The fraction of sp³-hybridized carbons (Fsp3) is 0.200. The third-order valence-electron chi connectivity index (χ3n) is 2.10. The number of benzene rings is 1. The summed E-state index contributed by atoms with van der Waals surface area (Å²) in [7, 11) is 0. The topological polar surface area (TPSA) is 57.8 Å². The second-order valence-corrected chi connectivity index (χ2v) is 3.43. The van der Waals surface area contributed by atoms with Crippen LogP contribution in [0.3, 0.4) is 0 Å². The van der Waals surface area contributed by atoms with Crippen LogP contribution < -0.4 is 5.32 Å². The molecule has 2 rings (SSSR count). The predicted molar refractivity (Wildman–Crippen MR) is 58.7 cm³/mol. The van der Waals surface area contributed by atoms with Gasteiger partial charge in [-0.15, -0.1) is 11.6 Å². The van der Waals surface area contributed by atoms with Gasteiger partial charge in [-0.3, -0.25) is 4.79 Å². The number of carbonyl (C=O) groups excluding carboxylic acids is 1. The summed E-state index contributed by atoms with van der Waals surface area (Å²) in [5.74, 6) is -0.173. The summed E-state index contributed by atoms with van der Waals surface area (Å²) in [5.41, 5.74) is 2.90. The van der Waals surface area contributed by atoms with Gasteiger partial charge in [-0.05, 0) is 17.7 Å². The molecule has 0 saturated carbocycles. The molecule has 0 unspecified atom stereocenters. The first kappa shape index (κ1) is 9.98. The average molecular weight is 224 g/mol. The number of amides is 1. The molecule has 2 N–H and O–H groups in total. The van der Waals surface area contributed by atoms with E-state index in [4.69, 9.17) is 11.6 Å². The summed E-state index contributed by atoms with van der Waals surface area (Å²) in [4.78, 5) is 18.1. The lowest BCUT2D eigenvalue weighted by Gasteiger charge is -2.02. The number of aromatic nitrogens is 2. The third kappa shape index (κ3) is 2.27. The van der Waals surface area contributed by atoms with E-state index in [0.717, 1.165) is 16.6 Å². The van der Waals surface area contributed by atoms with Gasteiger partial charge in [0.05, 0.1) is 17.4 Å². The highest BCUT2D eigenvalue weighted by Gasteiger charge is 2.00. The number of hydrogen-bond acceptors (Lipinski definition) is 2. The van der Waals surface area contributed by atoms with E-state index in [1.165, 1.54) is 0 Å². The van der Waals surface area contributed by atoms with Crippen LogP contribution in [0, 0.1) is 0 Å². The van der Waals surface area contributed by atoms with Crippen LogP contribution in [0.25, 0.3) is 11.0 Å². The molecular formula is C10H10ClN3O. The van der Waals surface area contributed by atoms with Crippen LogP contribution in [0.4, 0.5) is 0 Å². The lowest BCUT2D eigenvalue weighted by molar-refractivity contribution is -0.118. The van der Waals surface area contributed by atoms with Gasteiger partial charge in [-0.2, -0.15) is 0 Å². The second kappa shape index (κ2) is 4.31. The van der Waals surface area contributed by atoms with Gasteiger partial charge < -0.3 is 10.3 Å². The maximum Gasteiger partial charge on any atom is 0.235 e. The van der Waals surface area contributed by atoms with E-state index >= 15 is 0 Å². The van der Waals surface area contributed by atoms with E-state index in [0.29, 0.717) is 6.54 Å². The van der Waals surface area contributed by atoms with Gasteiger partial charge in [-0.25, -0.2) is 4.98 Å². The maximum absolute atomic E-state index is 10.9. The van der Waals surface area contributed by atoms with Gasteiger partial charge in [-0.1, -0.05) is 6.07 Å². The van der Waals surface area contributed by atoms with Crippen molar-refractivity contribution < 1.29 is 4.79 Å². The zero-order valence-electron chi connectivity index (χ0n) is 7.96. The smallest absolute Gasteiger partial charge is 0.235 e. The molecule has 0 radical (unpaired) electrons. The van der Waals surface area contributed by atoms with Crippen molar-refractivity contribution in [1.82, 2.24) is 15.3 Å². The Morgan fingerprint density at radius 2 is 2.40 bits per heavy atom. The van der Waals surface area contributed by atoms with Gasteiger partial charge >= 0.3 is 0 Å². The number of imidazole rings is 1. The molecule has 0 fully saturated rings. The van der Waals surface area contributed by atoms with Crippen LogP contribution in [-0.4, -0.2) is 21.8 Å². The molecule has 1 heterocycles. The van der Waals surface area contributed by atoms with Gasteiger partial charge in [0.15, 0.2) is 0 Å². The van der Waals surface area contributed by atoms with Crippen molar-refractivity contribution in [3.8, 4) is 0 Å². The van der Waals surface area contributed by atoms with Gasteiger partial charge in [0, 0.05) is 6.54 Å². The van der Waals surface area contributed by atoms with Crippen molar-refractivity contribution in [2.45, 2.75) is 6.54 Å². The molecule has 78 valence electrons. The molecule has 2 aromatic rings. The minimum absolute atomic E-state index is 0.00764. The molecular weight excluding hydrogens is 214 g/mol. The minimum atomic E-state index is -0.165. The predicted octanol–water partition coefficient (Wildman–Crippen LogP) is 1.42. The first-order valence-electron chi connectivity index (χ1n) is 4.54. The Morgan fingerprint density at radius 1 is 1.53 bits per heavy atom. The first-order valence-corrected chi connectivity index (χ1v) is 5.08. The number of hydrogen-bond donors (Lipinski definition) is 2. The van der Waals surface area contributed by atoms with Crippen LogP contribution in [0.1, 0.15) is 5.56 Å². The molecule has 0 aliphatic carbocycles. The average Bonchev–Trinajstić information content (AvgIpc) is 2.72. The fourth-order valence-electron chi connectivity index (χ4n) is 1.34. The summed E-state index contributed by atoms with van der Waals surface area (Å²) in [6.07, 6.45) is 1.64. The molecule has 5 heteroatoms. The van der Waals surface area contributed by atoms with Crippen molar-refractivity contribution in [3.05, 3.63) is 30.1 Å². The summed E-state index contributed by atoms with van der Waals surface area (Å²) in [5, 5.41) is 2.70. The Balaban J connectivity index is 2.11. The van der Waals surface area contributed by atoms with Gasteiger partial charge in [0.2, 0.25) is 5.91 Å². The normalized spacial score (nSPS) is 10.5. The molecule has 0 atom stereocenters. The first-order chi connectivity index (χ1) is 7.29. The Labute approximate surface area is 91.7 Å². The van der Waals surface area contributed by atoms with Crippen molar-refractivity contribution in [2.75, 3.05) is 5.88 Å². The quantitative estimate of drug-likeness (QED) is 0.774. The fourth-order valence-corrected chi connectivity index (χ4v) is 1.44. The SMILES string of the molecule is O=C(CCl)NCc1ccc2nc[nH]c2c1. The highest BCUT2D eigenvalue weighted by molar-refractivity contribution is 6.27. The Hall–Kier alpha value is -1.55. The number of aromatic amines is 1. The molecule has 4 nitrogen and oxygen atoms in total. The third-order valence-corrected chi connectivity index (χ3v) is 2.34. The van der Waals surface area contributed by atoms with Crippen molar-refractivity contribution in [1.29, 1.82) is 0 Å². The zero-order valence-corrected chi connectivity index (χ0v) is 8.71. The summed E-state index contributed by atoms with van der Waals surface area (Å²) < 4.78 is 0. The maximum atomic E-state index is 10.9. The van der Waals surface area contributed by atoms with Gasteiger partial charge in [0.25, 0.3) is 0 Å². The Bertz CT molecular complexity index is 480. The summed E-state index contributed by atoms with van der Waals surface area (Å²) >= 11 is 5.37. The Morgan fingerprint density at radius 3 is 3.20 bits per heavy atom. The van der Waals surface area contributed by atoms with E-state index in [9.17, 15) is 4.79 Å². The van der Waals surface area contributed by atoms with Crippen molar-refractivity contribution in [3.63, 3.8) is 0 Å². The van der Waals surface area contributed by atoms with E-state index < -0.39 is 0 Å². The second-order valence-electron chi connectivity index (χ2n) is 3.16. The molecule has 0 aliphatic heterocycles. The Kier molecular flexibility index (Phi) is 2.87. The van der Waals surface area contributed by atoms with E-state index in [1.807, 2.05) is 18.2 Å². The van der Waals surface area contributed by atoms with Crippen LogP contribution in [-0.2, 0) is 11.3 Å². The van der Waals surface area contributed by atoms with Crippen molar-refractivity contribution >= 4 is 28.5 Å². The lowest BCUT2D eigenvalue weighted by Crippen LogP contribution is -2.23. The number of halogens is 1. The summed E-state index contributed by atoms with van der Waals surface area (Å²) in [6.45, 7) is 0.487. The highest BCUT2D eigenvalue weighted by Crippen LogP contribution is 2.11. The van der Waals surface area contributed by atoms with Crippen LogP contribution in [0.5, 0.6) is 0 Å². The number of fused-ring (bicyclic) bond motifs is 1. The largest absolute Gasteiger partial charge is 0.351 e. The van der Waals surface area contributed by atoms with Crippen molar-refractivity contribution in [2.24, 2.45) is 0 Å². The van der Waals surface area contributed by atoms with E-state index in [1.54, 1.807) is 6.33 Å². The van der Waals surface area contributed by atoms with Gasteiger partial charge in [0.1, 0.15) is 5.88 Å². The van der Waals surface area contributed by atoms with E-state index in [-0.39, 0.29) is 11.8 Å². The highest BCUT2D eigenvalue weighted by atomic mass is 35.5. The molecule has 1 amide bonds. The molecule has 0 spiro atoms. The molecule has 0 bridgehead atoms. The molecule has 0 aliphatic rings. The van der Waals surface area contributed by atoms with E-state index in [2.05, 4.69) is 15.3 Å². The minimum Gasteiger partial charge on any atom is -0.351 e. The number of nitrogens with one attached hydrogen (secondary N) is 2. The number of H-pyrrole nitrogens is 1. The van der Waals surface area contributed by atoms with Crippen LogP contribution in [0.2, 0.25) is 0 Å². The number of alkyl halides is 1. The van der Waals surface area contributed by atoms with Crippen LogP contribution >= 0.6 is 11.6 Å². The number of nitrogens with zero attached hydrogens (tertiary/aromatic N) is 1. The molecule has 1 aromatic carbocycles. The lowest BCUT2D eigenvalue weighted by atomic mass is 10.2.